The molecular weight excluding hydrogens is 269 g/mol. The number of anilines is 1. The fraction of sp³-hybridized carbons (Fsp3) is 0.0909. The lowest BCUT2D eigenvalue weighted by Gasteiger charge is -2.09. The SMILES string of the molecule is Cc1c(Oc2nc(NN)ncc2F)cccc1[N+](=O)[O-]. The average molecular weight is 279 g/mol. The van der Waals surface area contributed by atoms with E-state index >= 15 is 0 Å². The van der Waals surface area contributed by atoms with Crippen molar-refractivity contribution in [3.05, 3.63) is 45.9 Å². The van der Waals surface area contributed by atoms with Gasteiger partial charge >= 0.3 is 0 Å². The van der Waals surface area contributed by atoms with Crippen LogP contribution < -0.4 is 16.0 Å². The number of aromatic nitrogens is 2. The molecule has 0 atom stereocenters. The van der Waals surface area contributed by atoms with Crippen molar-refractivity contribution in [3.8, 4) is 11.6 Å². The van der Waals surface area contributed by atoms with Crippen LogP contribution in [0.1, 0.15) is 5.56 Å². The molecule has 0 saturated heterocycles. The third kappa shape index (κ3) is 2.62. The van der Waals surface area contributed by atoms with Crippen molar-refractivity contribution in [1.29, 1.82) is 0 Å². The second kappa shape index (κ2) is 5.45. The normalized spacial score (nSPS) is 10.2. The fourth-order valence-corrected chi connectivity index (χ4v) is 1.51. The molecule has 20 heavy (non-hydrogen) atoms. The van der Waals surface area contributed by atoms with Crippen molar-refractivity contribution in [1.82, 2.24) is 9.97 Å². The minimum absolute atomic E-state index is 0.0375. The molecule has 0 spiro atoms. The van der Waals surface area contributed by atoms with E-state index in [4.69, 9.17) is 10.6 Å². The van der Waals surface area contributed by atoms with Crippen LogP contribution in [0.4, 0.5) is 16.0 Å². The molecule has 104 valence electrons. The third-order valence-electron chi connectivity index (χ3n) is 2.50. The molecule has 0 saturated carbocycles. The molecule has 1 heterocycles. The van der Waals surface area contributed by atoms with E-state index in [0.717, 1.165) is 6.20 Å². The Bertz CT molecular complexity index is 665. The first-order chi connectivity index (χ1) is 9.52. The minimum atomic E-state index is -0.810. The lowest BCUT2D eigenvalue weighted by atomic mass is 10.2. The molecule has 0 fully saturated rings. The maximum Gasteiger partial charge on any atom is 0.276 e. The van der Waals surface area contributed by atoms with Crippen LogP contribution in [0.25, 0.3) is 0 Å². The molecular formula is C11H10FN5O3. The Morgan fingerprint density at radius 2 is 2.25 bits per heavy atom. The van der Waals surface area contributed by atoms with Crippen LogP contribution in [-0.2, 0) is 0 Å². The van der Waals surface area contributed by atoms with Gasteiger partial charge in [0.1, 0.15) is 5.75 Å². The van der Waals surface area contributed by atoms with Gasteiger partial charge in [-0.15, -0.1) is 0 Å². The van der Waals surface area contributed by atoms with E-state index in [-0.39, 0.29) is 28.8 Å². The summed E-state index contributed by atoms with van der Waals surface area (Å²) in [6, 6.07) is 4.23. The highest BCUT2D eigenvalue weighted by Gasteiger charge is 2.17. The Labute approximate surface area is 112 Å². The van der Waals surface area contributed by atoms with Gasteiger partial charge in [-0.1, -0.05) is 6.07 Å². The van der Waals surface area contributed by atoms with Gasteiger partial charge in [-0.25, -0.2) is 10.8 Å². The molecule has 0 unspecified atom stereocenters. The highest BCUT2D eigenvalue weighted by atomic mass is 19.1. The molecule has 2 rings (SSSR count). The summed E-state index contributed by atoms with van der Waals surface area (Å²) >= 11 is 0. The molecule has 1 aromatic carbocycles. The Morgan fingerprint density at radius 3 is 2.90 bits per heavy atom. The van der Waals surface area contributed by atoms with Gasteiger partial charge in [-0.05, 0) is 13.0 Å². The van der Waals surface area contributed by atoms with Crippen LogP contribution in [0.2, 0.25) is 0 Å². The summed E-state index contributed by atoms with van der Waals surface area (Å²) in [6.45, 7) is 1.49. The van der Waals surface area contributed by atoms with E-state index in [2.05, 4.69) is 15.4 Å². The Kier molecular flexibility index (Phi) is 3.71. The van der Waals surface area contributed by atoms with E-state index < -0.39 is 10.7 Å². The molecule has 0 bridgehead atoms. The number of hydrazine groups is 1. The number of hydrogen-bond donors (Lipinski definition) is 2. The molecule has 0 aliphatic rings. The highest BCUT2D eigenvalue weighted by molar-refractivity contribution is 5.49. The molecule has 0 aliphatic heterocycles. The quantitative estimate of drug-likeness (QED) is 0.498. The van der Waals surface area contributed by atoms with Gasteiger partial charge < -0.3 is 4.74 Å². The van der Waals surface area contributed by atoms with Gasteiger partial charge in [-0.3, -0.25) is 15.5 Å². The molecule has 9 heteroatoms. The number of rotatable bonds is 4. The van der Waals surface area contributed by atoms with Crippen LogP contribution in [-0.4, -0.2) is 14.9 Å². The topological polar surface area (TPSA) is 116 Å². The standard InChI is InChI=1S/C11H10FN5O3/c1-6-8(17(18)19)3-2-4-9(6)20-10-7(12)5-14-11(15-10)16-13/h2-5H,13H2,1H3,(H,14,15,16). The first kappa shape index (κ1) is 13.6. The van der Waals surface area contributed by atoms with Gasteiger partial charge in [0.2, 0.25) is 11.8 Å². The Hall–Kier alpha value is -2.81. The van der Waals surface area contributed by atoms with E-state index in [1.807, 2.05) is 0 Å². The number of nitrogens with zero attached hydrogens (tertiary/aromatic N) is 3. The minimum Gasteiger partial charge on any atom is -0.436 e. The van der Waals surface area contributed by atoms with E-state index in [9.17, 15) is 14.5 Å². The lowest BCUT2D eigenvalue weighted by Crippen LogP contribution is -2.11. The lowest BCUT2D eigenvalue weighted by molar-refractivity contribution is -0.385. The van der Waals surface area contributed by atoms with Crippen molar-refractivity contribution in [2.24, 2.45) is 5.84 Å². The molecule has 3 N–H and O–H groups in total. The van der Waals surface area contributed by atoms with Gasteiger partial charge in [0.25, 0.3) is 11.6 Å². The van der Waals surface area contributed by atoms with Gasteiger partial charge in [0, 0.05) is 6.07 Å². The Morgan fingerprint density at radius 1 is 1.50 bits per heavy atom. The van der Waals surface area contributed by atoms with Crippen LogP contribution in [0.15, 0.2) is 24.4 Å². The van der Waals surface area contributed by atoms with Crippen molar-refractivity contribution < 1.29 is 14.1 Å². The number of nitrogen functional groups attached to an aromatic ring is 1. The van der Waals surface area contributed by atoms with Crippen molar-refractivity contribution >= 4 is 11.6 Å². The largest absolute Gasteiger partial charge is 0.436 e. The Balaban J connectivity index is 2.40. The maximum absolute atomic E-state index is 13.5. The predicted octanol–water partition coefficient (Wildman–Crippen LogP) is 1.91. The third-order valence-corrected chi connectivity index (χ3v) is 2.50. The van der Waals surface area contributed by atoms with Crippen LogP contribution in [0.3, 0.4) is 0 Å². The van der Waals surface area contributed by atoms with Crippen molar-refractivity contribution in [2.45, 2.75) is 6.92 Å². The second-order valence-electron chi connectivity index (χ2n) is 3.75. The van der Waals surface area contributed by atoms with Crippen LogP contribution in [0.5, 0.6) is 11.6 Å². The number of nitro groups is 1. The van der Waals surface area contributed by atoms with E-state index in [0.29, 0.717) is 0 Å². The number of hydrogen-bond acceptors (Lipinski definition) is 7. The summed E-state index contributed by atoms with van der Waals surface area (Å²) < 4.78 is 18.8. The van der Waals surface area contributed by atoms with Crippen molar-refractivity contribution in [2.75, 3.05) is 5.43 Å². The molecule has 0 aliphatic carbocycles. The van der Waals surface area contributed by atoms with Gasteiger partial charge in [0.05, 0.1) is 16.7 Å². The molecule has 0 amide bonds. The zero-order valence-corrected chi connectivity index (χ0v) is 10.3. The van der Waals surface area contributed by atoms with Gasteiger partial charge in [-0.2, -0.15) is 9.37 Å². The molecule has 2 aromatic rings. The molecule has 1 aromatic heterocycles. The summed E-state index contributed by atoms with van der Waals surface area (Å²) in [6.07, 6.45) is 0.879. The fourth-order valence-electron chi connectivity index (χ4n) is 1.51. The molecule has 0 radical (unpaired) electrons. The summed E-state index contributed by atoms with van der Waals surface area (Å²) in [7, 11) is 0. The smallest absolute Gasteiger partial charge is 0.276 e. The first-order valence-corrected chi connectivity index (χ1v) is 5.44. The number of benzene rings is 1. The maximum atomic E-state index is 13.5. The predicted molar refractivity (Wildman–Crippen MR) is 67.7 cm³/mol. The number of nitro benzene ring substituents is 1. The van der Waals surface area contributed by atoms with Crippen LogP contribution >= 0.6 is 0 Å². The highest BCUT2D eigenvalue weighted by Crippen LogP contribution is 2.31. The summed E-state index contributed by atoms with van der Waals surface area (Å²) in [5, 5.41) is 10.8. The summed E-state index contributed by atoms with van der Waals surface area (Å²) in [4.78, 5) is 17.5. The summed E-state index contributed by atoms with van der Waals surface area (Å²) in [5.41, 5.74) is 2.28. The zero-order valence-electron chi connectivity index (χ0n) is 10.3. The summed E-state index contributed by atoms with van der Waals surface area (Å²) in [5.74, 6) is 4.01. The number of halogens is 1. The number of nitrogens with one attached hydrogen (secondary N) is 1. The zero-order chi connectivity index (χ0) is 14.7. The number of ether oxygens (including phenoxy) is 1. The van der Waals surface area contributed by atoms with Gasteiger partial charge in [0.15, 0.2) is 0 Å². The molecule has 8 nitrogen and oxygen atoms in total. The average Bonchev–Trinajstić information content (AvgIpc) is 2.43. The number of nitrogens with two attached hydrogens (primary N) is 1. The van der Waals surface area contributed by atoms with E-state index in [1.165, 1.54) is 25.1 Å². The van der Waals surface area contributed by atoms with Crippen LogP contribution in [0, 0.1) is 22.9 Å². The van der Waals surface area contributed by atoms with E-state index in [1.54, 1.807) is 0 Å². The van der Waals surface area contributed by atoms with Crippen molar-refractivity contribution in [3.63, 3.8) is 0 Å². The monoisotopic (exact) mass is 279 g/mol. The second-order valence-corrected chi connectivity index (χ2v) is 3.75. The first-order valence-electron chi connectivity index (χ1n) is 5.44.